The lowest BCUT2D eigenvalue weighted by Gasteiger charge is -2.39. The smallest absolute Gasteiger partial charge is 0.291 e. The Morgan fingerprint density at radius 2 is 1.73 bits per heavy atom. The van der Waals surface area contributed by atoms with Crippen molar-refractivity contribution in [1.82, 2.24) is 4.90 Å². The van der Waals surface area contributed by atoms with Crippen molar-refractivity contribution in [3.05, 3.63) is 113 Å². The van der Waals surface area contributed by atoms with Crippen LogP contribution in [0.15, 0.2) is 83.3 Å². The van der Waals surface area contributed by atoms with Gasteiger partial charge in [0.25, 0.3) is 5.91 Å². The zero-order valence-corrected chi connectivity index (χ0v) is 22.6. The lowest BCUT2D eigenvalue weighted by atomic mass is 9.87. The van der Waals surface area contributed by atoms with E-state index in [-0.39, 0.29) is 42.0 Å². The summed E-state index contributed by atoms with van der Waals surface area (Å²) in [5.74, 6) is 1.13. The average molecular weight is 543 g/mol. The largest absolute Gasteiger partial charge is 0.497 e. The predicted molar refractivity (Wildman–Crippen MR) is 149 cm³/mol. The number of hydrogen-bond donors (Lipinski definition) is 1. The molecule has 0 saturated heterocycles. The van der Waals surface area contributed by atoms with E-state index in [1.54, 1.807) is 55.6 Å². The molecule has 7 nitrogen and oxygen atoms in total. The zero-order chi connectivity index (χ0) is 28.2. The number of anilines is 1. The van der Waals surface area contributed by atoms with Crippen molar-refractivity contribution in [2.24, 2.45) is 5.92 Å². The number of nitrogens with zero attached hydrogens (tertiary/aromatic N) is 1. The number of rotatable bonds is 8. The number of furan rings is 1. The third kappa shape index (κ3) is 5.86. The van der Waals surface area contributed by atoms with Gasteiger partial charge < -0.3 is 24.1 Å². The molecule has 1 aromatic heterocycles. The number of hydrogen-bond acceptors (Lipinski definition) is 5. The minimum absolute atomic E-state index is 0.0438. The summed E-state index contributed by atoms with van der Waals surface area (Å²) in [7, 11) is 1.58. The molecule has 8 heteroatoms. The molecule has 0 fully saturated rings. The summed E-state index contributed by atoms with van der Waals surface area (Å²) in [4.78, 5) is 27.6. The fourth-order valence-corrected chi connectivity index (χ4v) is 4.86. The number of halogens is 1. The van der Waals surface area contributed by atoms with E-state index in [4.69, 9.17) is 13.9 Å². The second-order valence-corrected chi connectivity index (χ2v) is 9.99. The van der Waals surface area contributed by atoms with Crippen molar-refractivity contribution >= 4 is 17.5 Å². The van der Waals surface area contributed by atoms with Gasteiger partial charge in [-0.25, -0.2) is 4.39 Å². The quantitative estimate of drug-likeness (QED) is 0.279. The van der Waals surface area contributed by atoms with Crippen LogP contribution in [-0.4, -0.2) is 30.4 Å². The fourth-order valence-electron chi connectivity index (χ4n) is 4.86. The number of carbonyl (C=O) groups is 2. The first-order chi connectivity index (χ1) is 19.3. The van der Waals surface area contributed by atoms with E-state index in [1.165, 1.54) is 12.1 Å². The van der Waals surface area contributed by atoms with E-state index in [9.17, 15) is 14.0 Å². The van der Waals surface area contributed by atoms with Gasteiger partial charge in [0, 0.05) is 18.2 Å². The highest BCUT2D eigenvalue weighted by Crippen LogP contribution is 2.38. The highest BCUT2D eigenvalue weighted by atomic mass is 19.1. The van der Waals surface area contributed by atoms with Crippen LogP contribution >= 0.6 is 0 Å². The molecule has 0 saturated carbocycles. The van der Waals surface area contributed by atoms with Crippen LogP contribution in [0.3, 0.4) is 0 Å². The van der Waals surface area contributed by atoms with E-state index in [1.807, 2.05) is 36.9 Å². The Bertz CT molecular complexity index is 1490. The number of carbonyl (C=O) groups excluding carboxylic acids is 2. The zero-order valence-electron chi connectivity index (χ0n) is 22.6. The number of fused-ring (bicyclic) bond motifs is 1. The Balaban J connectivity index is 1.32. The minimum Gasteiger partial charge on any atom is -0.497 e. The van der Waals surface area contributed by atoms with Crippen LogP contribution in [0.25, 0.3) is 0 Å². The van der Waals surface area contributed by atoms with E-state index in [0.717, 1.165) is 23.1 Å². The van der Waals surface area contributed by atoms with Crippen LogP contribution in [0.4, 0.5) is 10.1 Å². The van der Waals surface area contributed by atoms with Crippen LogP contribution in [0.5, 0.6) is 11.5 Å². The Kier molecular flexibility index (Phi) is 7.86. The Morgan fingerprint density at radius 3 is 2.42 bits per heavy atom. The van der Waals surface area contributed by atoms with E-state index in [0.29, 0.717) is 29.5 Å². The van der Waals surface area contributed by atoms with Gasteiger partial charge in [0.1, 0.15) is 29.7 Å². The molecule has 1 N–H and O–H groups in total. The van der Waals surface area contributed by atoms with Crippen molar-refractivity contribution in [2.45, 2.75) is 32.9 Å². The summed E-state index contributed by atoms with van der Waals surface area (Å²) in [5.41, 5.74) is 3.52. The number of ether oxygens (including phenoxy) is 2. The molecule has 0 bridgehead atoms. The van der Waals surface area contributed by atoms with Crippen molar-refractivity contribution in [1.29, 1.82) is 0 Å². The first-order valence-corrected chi connectivity index (χ1v) is 13.2. The van der Waals surface area contributed by atoms with Gasteiger partial charge in [0.2, 0.25) is 5.91 Å². The van der Waals surface area contributed by atoms with Crippen molar-refractivity contribution in [2.75, 3.05) is 19.0 Å². The molecular formula is C32H31FN2O5. The topological polar surface area (TPSA) is 81.0 Å². The van der Waals surface area contributed by atoms with Gasteiger partial charge >= 0.3 is 0 Å². The van der Waals surface area contributed by atoms with Gasteiger partial charge in [-0.1, -0.05) is 32.0 Å². The minimum atomic E-state index is -0.373. The third-order valence-electron chi connectivity index (χ3n) is 6.92. The molecule has 0 aliphatic carbocycles. The van der Waals surface area contributed by atoms with Gasteiger partial charge in [-0.3, -0.25) is 9.59 Å². The molecule has 2 amide bonds. The second-order valence-electron chi connectivity index (χ2n) is 9.99. The van der Waals surface area contributed by atoms with Crippen LogP contribution in [0.1, 0.15) is 52.9 Å². The molecule has 0 radical (unpaired) electrons. The molecule has 0 unspecified atom stereocenters. The Labute approximate surface area is 232 Å². The average Bonchev–Trinajstić information content (AvgIpc) is 3.45. The molecule has 40 heavy (non-hydrogen) atoms. The molecule has 1 aliphatic heterocycles. The summed E-state index contributed by atoms with van der Waals surface area (Å²) < 4.78 is 30.6. The summed E-state index contributed by atoms with van der Waals surface area (Å²) in [5, 5.41) is 2.79. The summed E-state index contributed by atoms with van der Waals surface area (Å²) in [6.45, 7) is 4.46. The molecular weight excluding hydrogens is 511 g/mol. The standard InChI is InChI=1S/C32H31FN2O5/c1-20(2)32(37)35-17-16-21-6-11-26(18-28(21)30(35)22-4-7-23(33)8-5-22)39-19-27-14-15-29(40-27)31(36)34-24-9-12-25(38-3)13-10-24/h4-15,18,20,30H,16-17,19H2,1-3H3,(H,34,36)/t30-/m0/s1. The molecule has 2 heterocycles. The number of methoxy groups -OCH3 is 1. The highest BCUT2D eigenvalue weighted by Gasteiger charge is 2.33. The van der Waals surface area contributed by atoms with Crippen LogP contribution < -0.4 is 14.8 Å². The lowest BCUT2D eigenvalue weighted by Crippen LogP contribution is -2.42. The van der Waals surface area contributed by atoms with Gasteiger partial charge in [0.05, 0.1) is 13.2 Å². The number of amides is 2. The monoisotopic (exact) mass is 542 g/mol. The van der Waals surface area contributed by atoms with Gasteiger partial charge in [-0.15, -0.1) is 0 Å². The Morgan fingerprint density at radius 1 is 1.00 bits per heavy atom. The maximum absolute atomic E-state index is 13.7. The lowest BCUT2D eigenvalue weighted by molar-refractivity contribution is -0.136. The maximum atomic E-state index is 13.7. The van der Waals surface area contributed by atoms with Crippen LogP contribution in [0.2, 0.25) is 0 Å². The summed E-state index contributed by atoms with van der Waals surface area (Å²) >= 11 is 0. The van der Waals surface area contributed by atoms with Gasteiger partial charge in [-0.05, 0) is 83.8 Å². The summed E-state index contributed by atoms with van der Waals surface area (Å²) in [6.07, 6.45) is 0.719. The van der Waals surface area contributed by atoms with Crippen molar-refractivity contribution < 1.29 is 27.9 Å². The maximum Gasteiger partial charge on any atom is 0.291 e. The van der Waals surface area contributed by atoms with Crippen LogP contribution in [-0.2, 0) is 17.8 Å². The Hall–Kier alpha value is -4.59. The first-order valence-electron chi connectivity index (χ1n) is 13.2. The van der Waals surface area contributed by atoms with E-state index in [2.05, 4.69) is 5.32 Å². The first kappa shape index (κ1) is 27.0. The molecule has 3 aromatic carbocycles. The molecule has 5 rings (SSSR count). The van der Waals surface area contributed by atoms with Crippen LogP contribution in [0, 0.1) is 11.7 Å². The molecule has 206 valence electrons. The van der Waals surface area contributed by atoms with Crippen molar-refractivity contribution in [3.8, 4) is 11.5 Å². The normalized spacial score (nSPS) is 14.5. The molecule has 1 atom stereocenters. The SMILES string of the molecule is COc1ccc(NC(=O)c2ccc(COc3ccc4c(c3)[C@H](c3ccc(F)cc3)N(C(=O)C(C)C)CC4)o2)cc1. The number of nitrogens with one attached hydrogen (secondary N) is 1. The van der Waals surface area contributed by atoms with Crippen molar-refractivity contribution in [3.63, 3.8) is 0 Å². The summed E-state index contributed by atoms with van der Waals surface area (Å²) in [6, 6.07) is 22.1. The van der Waals surface area contributed by atoms with E-state index >= 15 is 0 Å². The molecule has 4 aromatic rings. The molecule has 0 spiro atoms. The second kappa shape index (κ2) is 11.7. The predicted octanol–water partition coefficient (Wildman–Crippen LogP) is 6.39. The van der Waals surface area contributed by atoms with Gasteiger partial charge in [0.15, 0.2) is 5.76 Å². The van der Waals surface area contributed by atoms with Gasteiger partial charge in [-0.2, -0.15) is 0 Å². The number of benzene rings is 3. The molecule has 1 aliphatic rings. The third-order valence-corrected chi connectivity index (χ3v) is 6.92. The fraction of sp³-hybridized carbons (Fsp3) is 0.250. The van der Waals surface area contributed by atoms with E-state index < -0.39 is 0 Å². The highest BCUT2D eigenvalue weighted by molar-refractivity contribution is 6.02.